The van der Waals surface area contributed by atoms with Gasteiger partial charge < -0.3 is 10.1 Å². The maximum atomic E-state index is 12.9. The van der Waals surface area contributed by atoms with Crippen molar-refractivity contribution in [3.8, 4) is 5.75 Å². The molecule has 1 heterocycles. The second kappa shape index (κ2) is 8.24. The Kier molecular flexibility index (Phi) is 5.58. The highest BCUT2D eigenvalue weighted by molar-refractivity contribution is 5.95. The van der Waals surface area contributed by atoms with Gasteiger partial charge in [0.1, 0.15) is 11.7 Å². The summed E-state index contributed by atoms with van der Waals surface area (Å²) in [6.07, 6.45) is 1.39. The molecule has 0 bridgehead atoms. The smallest absolute Gasteiger partial charge is 0.235 e. The molecule has 26 heavy (non-hydrogen) atoms. The fraction of sp³-hybridized carbons (Fsp3) is 0.263. The number of nitrogens with zero attached hydrogens (tertiary/aromatic N) is 3. The molecule has 2 N–H and O–H groups in total. The summed E-state index contributed by atoms with van der Waals surface area (Å²) in [6, 6.07) is 15.4. The van der Waals surface area contributed by atoms with E-state index in [4.69, 9.17) is 4.74 Å². The van der Waals surface area contributed by atoms with Gasteiger partial charge in [-0.15, -0.1) is 10.2 Å². The molecule has 134 valence electrons. The zero-order valence-corrected chi connectivity index (χ0v) is 14.8. The number of anilines is 1. The second-order valence-corrected chi connectivity index (χ2v) is 5.92. The summed E-state index contributed by atoms with van der Waals surface area (Å²) in [5.74, 6) is 0.352. The van der Waals surface area contributed by atoms with E-state index in [0.29, 0.717) is 12.2 Å². The van der Waals surface area contributed by atoms with Crippen molar-refractivity contribution in [2.75, 3.05) is 12.4 Å². The van der Waals surface area contributed by atoms with Crippen LogP contribution in [0.25, 0.3) is 0 Å². The average molecular weight is 351 g/mol. The third-order valence-corrected chi connectivity index (χ3v) is 4.19. The number of hydrogen-bond donors (Lipinski definition) is 2. The monoisotopic (exact) mass is 351 g/mol. The Bertz CT molecular complexity index is 847. The Morgan fingerprint density at radius 1 is 1.19 bits per heavy atom. The van der Waals surface area contributed by atoms with Crippen molar-refractivity contribution in [2.45, 2.75) is 25.7 Å². The molecule has 7 heteroatoms. The molecule has 0 spiro atoms. The number of amides is 1. The van der Waals surface area contributed by atoms with Gasteiger partial charge in [-0.2, -0.15) is 5.21 Å². The van der Waals surface area contributed by atoms with E-state index in [2.05, 4.69) is 32.9 Å². The first-order chi connectivity index (χ1) is 12.7. The van der Waals surface area contributed by atoms with Gasteiger partial charge in [0.25, 0.3) is 0 Å². The number of tetrazole rings is 1. The molecule has 1 aromatic heterocycles. The Labute approximate surface area is 151 Å². The summed E-state index contributed by atoms with van der Waals surface area (Å²) in [6.45, 7) is 2.09. The summed E-state index contributed by atoms with van der Waals surface area (Å²) in [7, 11) is 1.61. The minimum absolute atomic E-state index is 0.182. The molecule has 7 nitrogen and oxygen atoms in total. The number of rotatable bonds is 7. The molecule has 0 saturated carbocycles. The predicted octanol–water partition coefficient (Wildman–Crippen LogP) is 2.74. The molecule has 0 fully saturated rings. The molecule has 0 aliphatic heterocycles. The van der Waals surface area contributed by atoms with Gasteiger partial charge in [0, 0.05) is 5.69 Å². The first-order valence-corrected chi connectivity index (χ1v) is 8.45. The Morgan fingerprint density at radius 2 is 2.00 bits per heavy atom. The van der Waals surface area contributed by atoms with Crippen LogP contribution in [0.15, 0.2) is 48.5 Å². The summed E-state index contributed by atoms with van der Waals surface area (Å²) < 4.78 is 5.25. The summed E-state index contributed by atoms with van der Waals surface area (Å²) in [5.41, 5.74) is 2.91. The highest BCUT2D eigenvalue weighted by Gasteiger charge is 2.25. The normalized spacial score (nSPS) is 11.8. The topological polar surface area (TPSA) is 92.8 Å². The fourth-order valence-corrected chi connectivity index (χ4v) is 2.71. The van der Waals surface area contributed by atoms with Crippen molar-refractivity contribution in [3.63, 3.8) is 0 Å². The third kappa shape index (κ3) is 4.24. The third-order valence-electron chi connectivity index (χ3n) is 4.19. The Hall–Kier alpha value is -3.22. The molecule has 0 unspecified atom stereocenters. The summed E-state index contributed by atoms with van der Waals surface area (Å²) >= 11 is 0. The predicted molar refractivity (Wildman–Crippen MR) is 98.1 cm³/mol. The van der Waals surface area contributed by atoms with Crippen LogP contribution in [0.4, 0.5) is 5.69 Å². The quantitative estimate of drug-likeness (QED) is 0.683. The molecule has 0 aliphatic rings. The molecule has 3 aromatic rings. The lowest BCUT2D eigenvalue weighted by Gasteiger charge is -2.14. The lowest BCUT2D eigenvalue weighted by Crippen LogP contribution is -2.24. The first kappa shape index (κ1) is 17.6. The van der Waals surface area contributed by atoms with E-state index in [9.17, 15) is 4.79 Å². The number of nitrogens with one attached hydrogen (secondary N) is 2. The van der Waals surface area contributed by atoms with Gasteiger partial charge in [-0.1, -0.05) is 36.4 Å². The van der Waals surface area contributed by atoms with Crippen LogP contribution in [0.1, 0.15) is 29.8 Å². The second-order valence-electron chi connectivity index (χ2n) is 5.92. The summed E-state index contributed by atoms with van der Waals surface area (Å²) in [5, 5.41) is 17.0. The van der Waals surface area contributed by atoms with Gasteiger partial charge in [0.15, 0.2) is 5.82 Å². The van der Waals surface area contributed by atoms with E-state index < -0.39 is 5.92 Å². The van der Waals surface area contributed by atoms with Crippen LogP contribution in [0.3, 0.4) is 0 Å². The van der Waals surface area contributed by atoms with Crippen LogP contribution in [0, 0.1) is 0 Å². The molecule has 0 aliphatic carbocycles. The van der Waals surface area contributed by atoms with E-state index in [0.717, 1.165) is 23.4 Å². The van der Waals surface area contributed by atoms with Crippen LogP contribution in [-0.4, -0.2) is 33.6 Å². The highest BCUT2D eigenvalue weighted by atomic mass is 16.5. The number of methoxy groups -OCH3 is 1. The van der Waals surface area contributed by atoms with Gasteiger partial charge in [0.05, 0.1) is 7.11 Å². The van der Waals surface area contributed by atoms with Gasteiger partial charge in [0.2, 0.25) is 5.91 Å². The number of aromatic nitrogens is 4. The van der Waals surface area contributed by atoms with Crippen molar-refractivity contribution < 1.29 is 9.53 Å². The lowest BCUT2D eigenvalue weighted by molar-refractivity contribution is -0.117. The van der Waals surface area contributed by atoms with Crippen molar-refractivity contribution >= 4 is 11.6 Å². The SMILES string of the molecule is CCc1ccc(NC(=O)[C@H](Cc2cccc(OC)c2)c2nn[nH]n2)cc1. The standard InChI is InChI=1S/C19H21N5O2/c1-3-13-7-9-15(10-8-13)20-19(25)17(18-21-23-24-22-18)12-14-5-4-6-16(11-14)26-2/h4-11,17H,3,12H2,1-2H3,(H,20,25)(H,21,22,23,24)/t17-/m1/s1. The summed E-state index contributed by atoms with van der Waals surface area (Å²) in [4.78, 5) is 12.9. The highest BCUT2D eigenvalue weighted by Crippen LogP contribution is 2.22. The minimum atomic E-state index is -0.563. The fourth-order valence-electron chi connectivity index (χ4n) is 2.71. The molecular weight excluding hydrogens is 330 g/mol. The van der Waals surface area contributed by atoms with Gasteiger partial charge in [-0.3, -0.25) is 4.79 Å². The molecule has 3 rings (SSSR count). The van der Waals surface area contributed by atoms with E-state index in [1.807, 2.05) is 48.5 Å². The lowest BCUT2D eigenvalue weighted by atomic mass is 9.97. The van der Waals surface area contributed by atoms with Gasteiger partial charge in [-0.05, 0) is 48.2 Å². The van der Waals surface area contributed by atoms with E-state index in [1.165, 1.54) is 5.56 Å². The molecule has 1 amide bonds. The zero-order chi connectivity index (χ0) is 18.4. The Morgan fingerprint density at radius 3 is 2.65 bits per heavy atom. The molecule has 0 radical (unpaired) electrons. The van der Waals surface area contributed by atoms with Gasteiger partial charge in [-0.25, -0.2) is 0 Å². The first-order valence-electron chi connectivity index (χ1n) is 8.45. The Balaban J connectivity index is 1.80. The average Bonchev–Trinajstić information content (AvgIpc) is 3.21. The number of H-pyrrole nitrogens is 1. The van der Waals surface area contributed by atoms with Crippen LogP contribution in [0.5, 0.6) is 5.75 Å². The van der Waals surface area contributed by atoms with Crippen molar-refractivity contribution in [2.24, 2.45) is 0 Å². The number of aromatic amines is 1. The van der Waals surface area contributed by atoms with Crippen LogP contribution in [-0.2, 0) is 17.6 Å². The molecule has 1 atom stereocenters. The van der Waals surface area contributed by atoms with Crippen molar-refractivity contribution in [1.82, 2.24) is 20.6 Å². The van der Waals surface area contributed by atoms with Crippen molar-refractivity contribution in [3.05, 3.63) is 65.5 Å². The molecule has 2 aromatic carbocycles. The van der Waals surface area contributed by atoms with E-state index in [1.54, 1.807) is 7.11 Å². The number of carbonyl (C=O) groups excluding carboxylic acids is 1. The number of hydrogen-bond acceptors (Lipinski definition) is 5. The molecule has 0 saturated heterocycles. The van der Waals surface area contributed by atoms with Crippen LogP contribution < -0.4 is 10.1 Å². The van der Waals surface area contributed by atoms with E-state index >= 15 is 0 Å². The van der Waals surface area contributed by atoms with Gasteiger partial charge >= 0.3 is 0 Å². The number of ether oxygens (including phenoxy) is 1. The zero-order valence-electron chi connectivity index (χ0n) is 14.8. The number of carbonyl (C=O) groups is 1. The maximum absolute atomic E-state index is 12.9. The van der Waals surface area contributed by atoms with Crippen LogP contribution in [0.2, 0.25) is 0 Å². The van der Waals surface area contributed by atoms with E-state index in [-0.39, 0.29) is 5.91 Å². The maximum Gasteiger partial charge on any atom is 0.235 e. The largest absolute Gasteiger partial charge is 0.497 e. The molecular formula is C19H21N5O2. The van der Waals surface area contributed by atoms with Crippen molar-refractivity contribution in [1.29, 1.82) is 0 Å². The minimum Gasteiger partial charge on any atom is -0.497 e. The number of benzene rings is 2. The number of aryl methyl sites for hydroxylation is 1. The van der Waals surface area contributed by atoms with Crippen LogP contribution >= 0.6 is 0 Å².